The van der Waals surface area contributed by atoms with Crippen molar-refractivity contribution in [2.45, 2.75) is 45.6 Å². The second-order valence-electron chi connectivity index (χ2n) is 7.56. The minimum atomic E-state index is -4.41. The lowest BCUT2D eigenvalue weighted by Crippen LogP contribution is -2.43. The van der Waals surface area contributed by atoms with Gasteiger partial charge >= 0.3 is 12.3 Å². The number of carbonyl (C=O) groups excluding carboxylic acids is 1. The Kier molecular flexibility index (Phi) is 13.4. The van der Waals surface area contributed by atoms with Crippen LogP contribution in [0, 0.1) is 0 Å². The molecule has 12 heteroatoms. The molecular formula is C20H32F3IN4O4. The van der Waals surface area contributed by atoms with Crippen LogP contribution >= 0.6 is 24.0 Å². The predicted molar refractivity (Wildman–Crippen MR) is 127 cm³/mol. The number of rotatable bonds is 9. The predicted octanol–water partition coefficient (Wildman–Crippen LogP) is 3.14. The number of guanidine groups is 1. The second kappa shape index (κ2) is 14.2. The fourth-order valence-electron chi connectivity index (χ4n) is 2.18. The van der Waals surface area contributed by atoms with Crippen LogP contribution in [0.3, 0.4) is 0 Å². The largest absolute Gasteiger partial charge is 0.491 e. The Morgan fingerprint density at radius 3 is 2.22 bits per heavy atom. The lowest BCUT2D eigenvalue weighted by atomic mass is 10.2. The molecular weight excluding hydrogens is 544 g/mol. The van der Waals surface area contributed by atoms with E-state index >= 15 is 0 Å². The van der Waals surface area contributed by atoms with Crippen LogP contribution in [0.5, 0.6) is 5.75 Å². The van der Waals surface area contributed by atoms with Gasteiger partial charge in [0.15, 0.2) is 5.96 Å². The maximum atomic E-state index is 12.6. The van der Waals surface area contributed by atoms with Crippen LogP contribution in [0.15, 0.2) is 29.3 Å². The van der Waals surface area contributed by atoms with Crippen molar-refractivity contribution in [3.63, 3.8) is 0 Å². The van der Waals surface area contributed by atoms with E-state index < -0.39 is 29.5 Å². The Morgan fingerprint density at radius 2 is 1.69 bits per heavy atom. The number of halogens is 4. The molecule has 184 valence electrons. The number of hydrogen-bond acceptors (Lipinski definition) is 5. The third kappa shape index (κ3) is 13.5. The molecule has 0 saturated carbocycles. The normalized spacial score (nSPS) is 12.9. The third-order valence-electron chi connectivity index (χ3n) is 3.51. The molecule has 0 spiro atoms. The SMILES string of the molecule is CCNC(=NCC(O)COc1ccc(C(F)(F)F)cc1)NCCNC(=O)OC(C)(C)C.I. The van der Waals surface area contributed by atoms with Crippen LogP contribution in [0.25, 0.3) is 0 Å². The van der Waals surface area contributed by atoms with Gasteiger partial charge in [-0.1, -0.05) is 0 Å². The number of carbonyl (C=O) groups is 1. The van der Waals surface area contributed by atoms with Gasteiger partial charge in [0.05, 0.1) is 12.1 Å². The van der Waals surface area contributed by atoms with Gasteiger partial charge in [0, 0.05) is 19.6 Å². The first kappa shape index (κ1) is 30.0. The second-order valence-corrected chi connectivity index (χ2v) is 7.56. The van der Waals surface area contributed by atoms with Crippen LogP contribution in [0.4, 0.5) is 18.0 Å². The summed E-state index contributed by atoms with van der Waals surface area (Å²) in [6.07, 6.45) is -5.89. The van der Waals surface area contributed by atoms with E-state index in [2.05, 4.69) is 20.9 Å². The van der Waals surface area contributed by atoms with Crippen molar-refractivity contribution < 1.29 is 32.5 Å². The first-order valence-corrected chi connectivity index (χ1v) is 9.88. The first-order chi connectivity index (χ1) is 14.4. The van der Waals surface area contributed by atoms with Gasteiger partial charge in [-0.15, -0.1) is 24.0 Å². The highest BCUT2D eigenvalue weighted by Crippen LogP contribution is 2.30. The molecule has 1 amide bonds. The molecule has 0 aromatic heterocycles. The van der Waals surface area contributed by atoms with Gasteiger partial charge in [0.25, 0.3) is 0 Å². The molecule has 0 radical (unpaired) electrons. The molecule has 1 aromatic rings. The van der Waals surface area contributed by atoms with E-state index in [1.807, 2.05) is 6.92 Å². The molecule has 1 atom stereocenters. The summed E-state index contributed by atoms with van der Waals surface area (Å²) in [7, 11) is 0. The van der Waals surface area contributed by atoms with E-state index in [4.69, 9.17) is 9.47 Å². The smallest absolute Gasteiger partial charge is 0.416 e. The summed E-state index contributed by atoms with van der Waals surface area (Å²) in [5.74, 6) is 0.649. The van der Waals surface area contributed by atoms with Crippen LogP contribution in [-0.2, 0) is 10.9 Å². The molecule has 1 aromatic carbocycles. The van der Waals surface area contributed by atoms with Gasteiger partial charge < -0.3 is 30.5 Å². The maximum Gasteiger partial charge on any atom is 0.416 e. The summed E-state index contributed by atoms with van der Waals surface area (Å²) >= 11 is 0. The van der Waals surface area contributed by atoms with E-state index in [0.717, 1.165) is 12.1 Å². The summed E-state index contributed by atoms with van der Waals surface area (Å²) in [5, 5.41) is 18.6. The topological polar surface area (TPSA) is 104 Å². The fraction of sp³-hybridized carbons (Fsp3) is 0.600. The Morgan fingerprint density at radius 1 is 1.09 bits per heavy atom. The number of hydrogen-bond donors (Lipinski definition) is 4. The van der Waals surface area contributed by atoms with Gasteiger partial charge in [-0.2, -0.15) is 13.2 Å². The zero-order valence-corrected chi connectivity index (χ0v) is 20.9. The van der Waals surface area contributed by atoms with Crippen LogP contribution in [0.2, 0.25) is 0 Å². The molecule has 8 nitrogen and oxygen atoms in total. The quantitative estimate of drug-likeness (QED) is 0.156. The van der Waals surface area contributed by atoms with Crippen LogP contribution in [0.1, 0.15) is 33.3 Å². The lowest BCUT2D eigenvalue weighted by Gasteiger charge is -2.20. The van der Waals surface area contributed by atoms with Crippen molar-refractivity contribution in [1.29, 1.82) is 0 Å². The van der Waals surface area contributed by atoms with Crippen molar-refractivity contribution in [1.82, 2.24) is 16.0 Å². The monoisotopic (exact) mass is 576 g/mol. The summed E-state index contributed by atoms with van der Waals surface area (Å²) in [5.41, 5.74) is -1.35. The summed E-state index contributed by atoms with van der Waals surface area (Å²) in [6, 6.07) is 4.22. The van der Waals surface area contributed by atoms with E-state index in [1.54, 1.807) is 20.8 Å². The molecule has 0 heterocycles. The molecule has 0 aliphatic heterocycles. The molecule has 0 saturated heterocycles. The Bertz CT molecular complexity index is 710. The zero-order chi connectivity index (χ0) is 23.5. The maximum absolute atomic E-state index is 12.6. The number of benzene rings is 1. The Hall–Kier alpha value is -1.96. The van der Waals surface area contributed by atoms with Gasteiger partial charge in [-0.05, 0) is 52.0 Å². The van der Waals surface area contributed by atoms with Crippen LogP contribution in [-0.4, -0.2) is 61.7 Å². The number of aliphatic imine (C=N–C) groups is 1. The van der Waals surface area contributed by atoms with E-state index in [-0.39, 0.29) is 42.9 Å². The molecule has 0 aliphatic rings. The van der Waals surface area contributed by atoms with Gasteiger partial charge in [0.1, 0.15) is 24.1 Å². The molecule has 0 aliphatic carbocycles. The summed E-state index contributed by atoms with van der Waals surface area (Å²) in [4.78, 5) is 15.8. The van der Waals surface area contributed by atoms with Crippen molar-refractivity contribution >= 4 is 36.0 Å². The number of amides is 1. The number of aliphatic hydroxyl groups excluding tert-OH is 1. The molecule has 32 heavy (non-hydrogen) atoms. The summed E-state index contributed by atoms with van der Waals surface area (Å²) < 4.78 is 48.1. The number of aliphatic hydroxyl groups is 1. The van der Waals surface area contributed by atoms with Crippen LogP contribution < -0.4 is 20.7 Å². The molecule has 0 fully saturated rings. The van der Waals surface area contributed by atoms with Crippen molar-refractivity contribution in [3.8, 4) is 5.75 Å². The van der Waals surface area contributed by atoms with Gasteiger partial charge in [-0.25, -0.2) is 4.79 Å². The highest BCUT2D eigenvalue weighted by atomic mass is 127. The lowest BCUT2D eigenvalue weighted by molar-refractivity contribution is -0.137. The number of alkyl halides is 3. The van der Waals surface area contributed by atoms with Gasteiger partial charge in [0.2, 0.25) is 0 Å². The minimum absolute atomic E-state index is 0. The fourth-order valence-corrected chi connectivity index (χ4v) is 2.18. The summed E-state index contributed by atoms with van der Waals surface area (Å²) in [6.45, 7) is 8.34. The van der Waals surface area contributed by atoms with Gasteiger partial charge in [-0.3, -0.25) is 4.99 Å². The van der Waals surface area contributed by atoms with E-state index in [1.165, 1.54) is 12.1 Å². The minimum Gasteiger partial charge on any atom is -0.491 e. The van der Waals surface area contributed by atoms with Crippen molar-refractivity contribution in [3.05, 3.63) is 29.8 Å². The molecule has 0 bridgehead atoms. The van der Waals surface area contributed by atoms with Crippen molar-refractivity contribution in [2.24, 2.45) is 4.99 Å². The average Bonchev–Trinajstić information content (AvgIpc) is 2.66. The average molecular weight is 576 g/mol. The Balaban J connectivity index is 0.00000961. The first-order valence-electron chi connectivity index (χ1n) is 9.88. The standard InChI is InChI=1S/C20H31F3N4O4.HI/c1-5-24-17(25-10-11-26-18(29)31-19(2,3)4)27-12-15(28)13-30-16-8-6-14(7-9-16)20(21,22)23;/h6-9,15,28H,5,10-13H2,1-4H3,(H,26,29)(H2,24,25,27);1H. The molecule has 4 N–H and O–H groups in total. The molecule has 1 rings (SSSR count). The Labute approximate surface area is 203 Å². The molecule has 1 unspecified atom stereocenters. The number of nitrogens with zero attached hydrogens (tertiary/aromatic N) is 1. The van der Waals surface area contributed by atoms with E-state index in [0.29, 0.717) is 25.6 Å². The highest BCUT2D eigenvalue weighted by molar-refractivity contribution is 14.0. The number of ether oxygens (including phenoxy) is 2. The highest BCUT2D eigenvalue weighted by Gasteiger charge is 2.30. The third-order valence-corrected chi connectivity index (χ3v) is 3.51. The number of alkyl carbamates (subject to hydrolysis) is 1. The number of nitrogens with one attached hydrogen (secondary N) is 3. The van der Waals surface area contributed by atoms with Crippen molar-refractivity contribution in [2.75, 3.05) is 32.8 Å². The zero-order valence-electron chi connectivity index (χ0n) is 18.6. The van der Waals surface area contributed by atoms with E-state index in [9.17, 15) is 23.1 Å².